The Labute approximate surface area is 202 Å². The van der Waals surface area contributed by atoms with Crippen LogP contribution in [-0.2, 0) is 27.8 Å². The van der Waals surface area contributed by atoms with E-state index in [1.54, 1.807) is 51.7 Å². The predicted octanol–water partition coefficient (Wildman–Crippen LogP) is 3.26. The fourth-order valence-electron chi connectivity index (χ4n) is 4.68. The molecule has 0 saturated carbocycles. The molecular weight excluding hydrogens is 474 g/mol. The predicted molar refractivity (Wildman–Crippen MR) is 129 cm³/mol. The molecule has 10 heteroatoms. The Bertz CT molecular complexity index is 1260. The van der Waals surface area contributed by atoms with Crippen molar-refractivity contribution in [3.8, 4) is 0 Å². The van der Waals surface area contributed by atoms with Gasteiger partial charge < -0.3 is 4.90 Å². The first-order valence-electron chi connectivity index (χ1n) is 11.4. The van der Waals surface area contributed by atoms with Gasteiger partial charge in [-0.2, -0.15) is 4.31 Å². The van der Waals surface area contributed by atoms with Crippen molar-refractivity contribution in [3.63, 3.8) is 0 Å². The summed E-state index contributed by atoms with van der Waals surface area (Å²) in [5.74, 6) is -0.270. The van der Waals surface area contributed by atoms with Gasteiger partial charge in [0.25, 0.3) is 11.1 Å². The maximum Gasteiger partial charge on any atom is 0.289 e. The Hall–Kier alpha value is -2.69. The summed E-state index contributed by atoms with van der Waals surface area (Å²) in [7, 11) is -3.53. The highest BCUT2D eigenvalue weighted by Crippen LogP contribution is 2.33. The summed E-state index contributed by atoms with van der Waals surface area (Å²) in [6.45, 7) is 1.70. The topological polar surface area (TPSA) is 95.1 Å². The number of sulfonamides is 1. The smallest absolute Gasteiger partial charge is 0.289 e. The van der Waals surface area contributed by atoms with E-state index in [4.69, 9.17) is 0 Å². The highest BCUT2D eigenvalue weighted by atomic mass is 32.2. The maximum atomic E-state index is 13.3. The molecule has 3 aliphatic rings. The lowest BCUT2D eigenvalue weighted by Gasteiger charge is -2.26. The summed E-state index contributed by atoms with van der Waals surface area (Å²) in [4.78, 5) is 40.3. The van der Waals surface area contributed by atoms with E-state index in [0.29, 0.717) is 42.9 Å². The minimum absolute atomic E-state index is 0.139. The number of anilines is 1. The number of thioether (sulfide) groups is 1. The molecule has 3 amide bonds. The molecule has 34 heavy (non-hydrogen) atoms. The summed E-state index contributed by atoms with van der Waals surface area (Å²) < 4.78 is 27.6. The quantitative estimate of drug-likeness (QED) is 0.627. The molecule has 178 valence electrons. The zero-order chi connectivity index (χ0) is 23.9. The van der Waals surface area contributed by atoms with Crippen molar-refractivity contribution in [2.24, 2.45) is 0 Å². The van der Waals surface area contributed by atoms with Crippen LogP contribution in [0.3, 0.4) is 0 Å². The highest BCUT2D eigenvalue weighted by molar-refractivity contribution is 8.14. The third-order valence-corrected chi connectivity index (χ3v) is 9.25. The summed E-state index contributed by atoms with van der Waals surface area (Å²) in [6, 6.07) is 12.0. The van der Waals surface area contributed by atoms with Crippen LogP contribution in [0.2, 0.25) is 0 Å². The first-order chi connectivity index (χ1) is 16.3. The van der Waals surface area contributed by atoms with Gasteiger partial charge in [0.05, 0.1) is 17.2 Å². The van der Waals surface area contributed by atoms with Crippen LogP contribution in [0.5, 0.6) is 0 Å². The third kappa shape index (κ3) is 4.25. The van der Waals surface area contributed by atoms with Crippen LogP contribution in [0.4, 0.5) is 10.5 Å². The molecule has 2 aromatic carbocycles. The molecule has 2 saturated heterocycles. The molecule has 8 nitrogen and oxygen atoms in total. The lowest BCUT2D eigenvalue weighted by molar-refractivity contribution is -0.125. The first kappa shape index (κ1) is 23.1. The molecule has 0 radical (unpaired) electrons. The molecule has 0 aromatic heterocycles. The minimum Gasteiger partial charge on any atom is -0.308 e. The molecule has 0 atom stereocenters. The Morgan fingerprint density at radius 2 is 1.76 bits per heavy atom. The molecule has 0 unspecified atom stereocenters. The van der Waals surface area contributed by atoms with Crippen LogP contribution < -0.4 is 4.90 Å². The number of piperidine rings is 1. The van der Waals surface area contributed by atoms with Gasteiger partial charge in [-0.25, -0.2) is 8.42 Å². The van der Waals surface area contributed by atoms with Crippen molar-refractivity contribution in [3.05, 3.63) is 59.2 Å². The molecule has 3 aliphatic heterocycles. The number of amides is 3. The molecule has 0 bridgehead atoms. The Balaban J connectivity index is 1.35. The fourth-order valence-corrected chi connectivity index (χ4v) is 6.97. The van der Waals surface area contributed by atoms with Crippen molar-refractivity contribution in [1.29, 1.82) is 0 Å². The van der Waals surface area contributed by atoms with Gasteiger partial charge in [-0.3, -0.25) is 19.3 Å². The summed E-state index contributed by atoms with van der Waals surface area (Å²) in [6.07, 6.45) is 3.39. The first-order valence-corrected chi connectivity index (χ1v) is 13.8. The van der Waals surface area contributed by atoms with Gasteiger partial charge in [-0.1, -0.05) is 30.3 Å². The van der Waals surface area contributed by atoms with E-state index < -0.39 is 10.0 Å². The molecule has 5 rings (SSSR count). The van der Waals surface area contributed by atoms with Gasteiger partial charge >= 0.3 is 0 Å². The number of nitrogens with zero attached hydrogens (tertiary/aromatic N) is 3. The van der Waals surface area contributed by atoms with Gasteiger partial charge in [0.15, 0.2) is 0 Å². The third-order valence-electron chi connectivity index (χ3n) is 6.50. The second kappa shape index (κ2) is 9.16. The van der Waals surface area contributed by atoms with Crippen LogP contribution in [0.25, 0.3) is 0 Å². The Morgan fingerprint density at radius 3 is 2.50 bits per heavy atom. The van der Waals surface area contributed by atoms with E-state index in [0.717, 1.165) is 36.6 Å². The Kier molecular flexibility index (Phi) is 6.22. The fraction of sp³-hybridized carbons (Fsp3) is 0.375. The molecule has 0 N–H and O–H groups in total. The lowest BCUT2D eigenvalue weighted by atomic mass is 10.1. The molecule has 0 spiro atoms. The van der Waals surface area contributed by atoms with E-state index >= 15 is 0 Å². The van der Waals surface area contributed by atoms with Gasteiger partial charge in [-0.05, 0) is 60.7 Å². The second-order valence-electron chi connectivity index (χ2n) is 8.70. The standard InChI is InChI=1S/C24H25N3O5S2/c28-22-16-33-24(30)27(22)15-17-5-4-6-19(13-17)23(29)26-12-9-18-14-20(7-8-21(18)26)34(31,32)25-10-2-1-3-11-25/h4-8,13-14H,1-3,9-12,15-16H2. The second-order valence-corrected chi connectivity index (χ2v) is 11.6. The van der Waals surface area contributed by atoms with Crippen LogP contribution in [-0.4, -0.2) is 60.1 Å². The van der Waals surface area contributed by atoms with E-state index in [1.165, 1.54) is 4.90 Å². The highest BCUT2D eigenvalue weighted by Gasteiger charge is 2.32. The summed E-state index contributed by atoms with van der Waals surface area (Å²) in [5, 5.41) is -0.273. The van der Waals surface area contributed by atoms with Crippen molar-refractivity contribution in [2.75, 3.05) is 30.3 Å². The van der Waals surface area contributed by atoms with Crippen LogP contribution in [0.15, 0.2) is 47.4 Å². The molecular formula is C24H25N3O5S2. The zero-order valence-electron chi connectivity index (χ0n) is 18.6. The number of benzene rings is 2. The lowest BCUT2D eigenvalue weighted by Crippen LogP contribution is -2.35. The van der Waals surface area contributed by atoms with Crippen molar-refractivity contribution < 1.29 is 22.8 Å². The number of fused-ring (bicyclic) bond motifs is 1. The minimum atomic E-state index is -3.53. The largest absolute Gasteiger partial charge is 0.308 e. The van der Waals surface area contributed by atoms with Gasteiger partial charge in [0.2, 0.25) is 15.9 Å². The normalized spacial score (nSPS) is 19.1. The van der Waals surface area contributed by atoms with E-state index in [-0.39, 0.29) is 34.2 Å². The Morgan fingerprint density at radius 1 is 0.971 bits per heavy atom. The van der Waals surface area contributed by atoms with Crippen molar-refractivity contribution in [2.45, 2.75) is 37.1 Å². The molecule has 2 fully saturated rings. The number of imide groups is 1. The van der Waals surface area contributed by atoms with E-state index in [2.05, 4.69) is 0 Å². The zero-order valence-corrected chi connectivity index (χ0v) is 20.2. The van der Waals surface area contributed by atoms with Crippen molar-refractivity contribution in [1.82, 2.24) is 9.21 Å². The number of carbonyl (C=O) groups excluding carboxylic acids is 3. The maximum absolute atomic E-state index is 13.3. The summed E-state index contributed by atoms with van der Waals surface area (Å²) >= 11 is 0.984. The van der Waals surface area contributed by atoms with Crippen LogP contribution >= 0.6 is 11.8 Å². The van der Waals surface area contributed by atoms with Gasteiger partial charge in [0, 0.05) is 30.9 Å². The number of hydrogen-bond acceptors (Lipinski definition) is 6. The molecule has 3 heterocycles. The molecule has 0 aliphatic carbocycles. The monoisotopic (exact) mass is 499 g/mol. The van der Waals surface area contributed by atoms with Crippen molar-refractivity contribution >= 4 is 44.5 Å². The average molecular weight is 500 g/mol. The summed E-state index contributed by atoms with van der Waals surface area (Å²) in [5.41, 5.74) is 2.72. The number of carbonyl (C=O) groups is 3. The van der Waals surface area contributed by atoms with E-state index in [9.17, 15) is 22.8 Å². The molecule has 2 aromatic rings. The van der Waals surface area contributed by atoms with Gasteiger partial charge in [0.1, 0.15) is 0 Å². The average Bonchev–Trinajstić information content (AvgIpc) is 3.42. The van der Waals surface area contributed by atoms with Crippen LogP contribution in [0, 0.1) is 0 Å². The number of rotatable bonds is 5. The van der Waals surface area contributed by atoms with Gasteiger partial charge in [-0.15, -0.1) is 0 Å². The number of hydrogen-bond donors (Lipinski definition) is 0. The SMILES string of the molecule is O=C1CSC(=O)N1Cc1cccc(C(=O)N2CCc3cc(S(=O)(=O)N4CCCCC4)ccc32)c1. The van der Waals surface area contributed by atoms with E-state index in [1.807, 2.05) is 0 Å². The van der Waals surface area contributed by atoms with Crippen LogP contribution in [0.1, 0.15) is 40.7 Å².